The van der Waals surface area contributed by atoms with Crippen LogP contribution in [0, 0.1) is 0 Å². The summed E-state index contributed by atoms with van der Waals surface area (Å²) in [4.78, 5) is 0. The predicted molar refractivity (Wildman–Crippen MR) is 87.7 cm³/mol. The van der Waals surface area contributed by atoms with Gasteiger partial charge in [0.1, 0.15) is 0 Å². The lowest BCUT2D eigenvalue weighted by atomic mass is 10.1. The fraction of sp³-hybridized carbons (Fsp3) is 0.176. The average molecular weight is 267 g/mol. The first-order valence-corrected chi connectivity index (χ1v) is 7.65. The van der Waals surface area contributed by atoms with Crippen molar-refractivity contribution in [3.05, 3.63) is 81.9 Å². The van der Waals surface area contributed by atoms with Gasteiger partial charge in [0.2, 0.25) is 0 Å². The number of rotatable bonds is 0. The Balaban J connectivity index is 0.000000146. The Bertz CT molecular complexity index is 567. The van der Waals surface area contributed by atoms with Crippen molar-refractivity contribution in [2.75, 3.05) is 0 Å². The minimum absolute atomic E-state index is 1.09. The van der Waals surface area contributed by atoms with Gasteiger partial charge >= 0.3 is 0 Å². The van der Waals surface area contributed by atoms with Crippen LogP contribution in [0.1, 0.15) is 20.8 Å². The highest BCUT2D eigenvalue weighted by atomic mass is 28.1. The van der Waals surface area contributed by atoms with E-state index in [4.69, 9.17) is 0 Å². The highest BCUT2D eigenvalue weighted by Crippen LogP contribution is 2.23. The standard InChI is InChI=1S/C9H15NSi.C8H6/c1-6-4-5-10-9(11)8(3)7(6)2;1-3-7-5-2-6-8(7)4-1/h4-5,10H,1-3,11H3;1-6H. The van der Waals surface area contributed by atoms with Crippen LogP contribution in [0.5, 0.6) is 0 Å². The van der Waals surface area contributed by atoms with E-state index >= 15 is 0 Å². The van der Waals surface area contributed by atoms with Gasteiger partial charge < -0.3 is 5.32 Å². The first kappa shape index (κ1) is 13.6. The van der Waals surface area contributed by atoms with Crippen LogP contribution in [0.4, 0.5) is 0 Å². The molecule has 1 N–H and O–H groups in total. The van der Waals surface area contributed by atoms with Crippen LogP contribution in [0.15, 0.2) is 81.9 Å². The van der Waals surface area contributed by atoms with E-state index in [0.29, 0.717) is 0 Å². The molecule has 0 aromatic carbocycles. The van der Waals surface area contributed by atoms with Crippen molar-refractivity contribution in [2.45, 2.75) is 20.8 Å². The molecule has 0 saturated carbocycles. The maximum absolute atomic E-state index is 3.27. The summed E-state index contributed by atoms with van der Waals surface area (Å²) in [5.74, 6) is 0. The zero-order valence-corrected chi connectivity index (χ0v) is 14.1. The molecule has 3 aliphatic rings. The largest absolute Gasteiger partial charge is 0.369 e. The zero-order chi connectivity index (χ0) is 13.8. The van der Waals surface area contributed by atoms with E-state index in [2.05, 4.69) is 68.6 Å². The van der Waals surface area contributed by atoms with Crippen LogP contribution in [0.25, 0.3) is 0 Å². The summed E-state index contributed by atoms with van der Waals surface area (Å²) in [5, 5.41) is 4.66. The third-order valence-electron chi connectivity index (χ3n) is 3.79. The Kier molecular flexibility index (Phi) is 4.22. The molecule has 0 aromatic heterocycles. The van der Waals surface area contributed by atoms with Crippen LogP contribution >= 0.6 is 0 Å². The van der Waals surface area contributed by atoms with Crippen LogP contribution in [-0.4, -0.2) is 10.2 Å². The lowest BCUT2D eigenvalue weighted by Crippen LogP contribution is -2.05. The molecule has 1 aliphatic heterocycles. The van der Waals surface area contributed by atoms with Crippen LogP contribution in [-0.2, 0) is 0 Å². The second-order valence-electron chi connectivity index (χ2n) is 5.00. The summed E-state index contributed by atoms with van der Waals surface area (Å²) in [6.45, 7) is 6.51. The summed E-state index contributed by atoms with van der Waals surface area (Å²) in [6, 6.07) is 0. The van der Waals surface area contributed by atoms with E-state index in [-0.39, 0.29) is 0 Å². The highest BCUT2D eigenvalue weighted by Gasteiger charge is 2.04. The molecule has 98 valence electrons. The maximum Gasteiger partial charge on any atom is 0.0595 e. The van der Waals surface area contributed by atoms with Crippen molar-refractivity contribution in [2.24, 2.45) is 0 Å². The predicted octanol–water partition coefficient (Wildman–Crippen LogP) is 3.02. The molecule has 3 rings (SSSR count). The quantitative estimate of drug-likeness (QED) is 0.665. The van der Waals surface area contributed by atoms with E-state index in [1.54, 1.807) is 0 Å². The van der Waals surface area contributed by atoms with Crippen molar-refractivity contribution in [1.82, 2.24) is 5.32 Å². The molecule has 0 aromatic rings. The molecule has 0 unspecified atom stereocenters. The molecule has 0 amide bonds. The van der Waals surface area contributed by atoms with E-state index in [0.717, 1.165) is 10.2 Å². The number of nitrogens with one attached hydrogen (secondary N) is 1. The summed E-state index contributed by atoms with van der Waals surface area (Å²) < 4.78 is 0. The number of allylic oxidation sites excluding steroid dienone is 12. The Hall–Kier alpha value is -1.80. The molecule has 0 atom stereocenters. The van der Waals surface area contributed by atoms with Gasteiger partial charge in [0.15, 0.2) is 0 Å². The molecule has 1 nitrogen and oxygen atoms in total. The molecule has 19 heavy (non-hydrogen) atoms. The van der Waals surface area contributed by atoms with Crippen molar-refractivity contribution in [3.63, 3.8) is 0 Å². The minimum Gasteiger partial charge on any atom is -0.369 e. The van der Waals surface area contributed by atoms with E-state index in [1.807, 2.05) is 6.20 Å². The topological polar surface area (TPSA) is 12.0 Å². The molecule has 0 saturated heterocycles. The van der Waals surface area contributed by atoms with Crippen molar-refractivity contribution >= 4 is 10.2 Å². The maximum atomic E-state index is 3.27. The Morgan fingerprint density at radius 2 is 1.42 bits per heavy atom. The Morgan fingerprint density at radius 1 is 0.842 bits per heavy atom. The summed E-state index contributed by atoms with van der Waals surface area (Å²) >= 11 is 0. The molecule has 2 aliphatic carbocycles. The van der Waals surface area contributed by atoms with Crippen molar-refractivity contribution in [3.8, 4) is 0 Å². The SMILES string of the molecule is C1=CC2=CC=CC2=C1.CC1=C(C)C(C)=C([SiH3])NC=C1. The summed E-state index contributed by atoms with van der Waals surface area (Å²) in [7, 11) is 1.09. The normalized spacial score (nSPS) is 19.7. The molecule has 0 bridgehead atoms. The van der Waals surface area contributed by atoms with E-state index in [9.17, 15) is 0 Å². The molecule has 0 spiro atoms. The lowest BCUT2D eigenvalue weighted by Gasteiger charge is -2.06. The second kappa shape index (κ2) is 5.89. The van der Waals surface area contributed by atoms with Gasteiger partial charge in [0.05, 0.1) is 10.2 Å². The summed E-state index contributed by atoms with van der Waals surface area (Å²) in [5.41, 5.74) is 6.89. The lowest BCUT2D eigenvalue weighted by molar-refractivity contribution is 1.13. The first-order chi connectivity index (χ1) is 9.09. The number of hydrogen-bond donors (Lipinski definition) is 1. The molecule has 1 heterocycles. The second-order valence-corrected chi connectivity index (χ2v) is 6.00. The minimum atomic E-state index is 1.09. The van der Waals surface area contributed by atoms with Crippen molar-refractivity contribution in [1.29, 1.82) is 0 Å². The molecular weight excluding hydrogens is 246 g/mol. The zero-order valence-electron chi connectivity index (χ0n) is 12.1. The Morgan fingerprint density at radius 3 is 2.00 bits per heavy atom. The third-order valence-corrected chi connectivity index (χ3v) is 4.82. The van der Waals surface area contributed by atoms with Crippen LogP contribution < -0.4 is 5.32 Å². The molecule has 0 fully saturated rings. The first-order valence-electron chi connectivity index (χ1n) is 6.65. The monoisotopic (exact) mass is 267 g/mol. The van der Waals surface area contributed by atoms with Gasteiger partial charge in [-0.05, 0) is 60.0 Å². The highest BCUT2D eigenvalue weighted by molar-refractivity contribution is 6.22. The summed E-state index contributed by atoms with van der Waals surface area (Å²) in [6.07, 6.45) is 16.8. The van der Waals surface area contributed by atoms with Crippen LogP contribution in [0.2, 0.25) is 0 Å². The van der Waals surface area contributed by atoms with Gasteiger partial charge in [-0.15, -0.1) is 0 Å². The van der Waals surface area contributed by atoms with Gasteiger partial charge in [0, 0.05) is 6.20 Å². The third kappa shape index (κ3) is 3.15. The van der Waals surface area contributed by atoms with Crippen LogP contribution in [0.3, 0.4) is 0 Å². The number of fused-ring (bicyclic) bond motifs is 1. The van der Waals surface area contributed by atoms with Gasteiger partial charge in [-0.25, -0.2) is 0 Å². The average Bonchev–Trinajstić information content (AvgIpc) is 2.98. The fourth-order valence-electron chi connectivity index (χ4n) is 2.11. The van der Waals surface area contributed by atoms with Gasteiger partial charge in [0.25, 0.3) is 0 Å². The molecule has 0 radical (unpaired) electrons. The molecular formula is C17H21NSi. The Labute approximate surface area is 118 Å². The fourth-order valence-corrected chi connectivity index (χ4v) is 2.65. The van der Waals surface area contributed by atoms with Gasteiger partial charge in [-0.1, -0.05) is 36.5 Å². The van der Waals surface area contributed by atoms with Gasteiger partial charge in [-0.3, -0.25) is 0 Å². The van der Waals surface area contributed by atoms with E-state index < -0.39 is 0 Å². The van der Waals surface area contributed by atoms with E-state index in [1.165, 1.54) is 33.2 Å². The number of hydrogen-bond acceptors (Lipinski definition) is 1. The van der Waals surface area contributed by atoms with Crippen molar-refractivity contribution < 1.29 is 0 Å². The molecule has 2 heteroatoms. The van der Waals surface area contributed by atoms with Gasteiger partial charge in [-0.2, -0.15) is 0 Å². The smallest absolute Gasteiger partial charge is 0.0595 e.